The summed E-state index contributed by atoms with van der Waals surface area (Å²) in [5.41, 5.74) is 7.53. The molecule has 0 fully saturated rings. The Balaban J connectivity index is 1.66. The molecule has 0 unspecified atom stereocenters. The molecule has 0 aromatic heterocycles. The number of hydrogen-bond donors (Lipinski definition) is 3. The number of ether oxygens (including phenoxy) is 1. The van der Waals surface area contributed by atoms with Crippen LogP contribution in [-0.2, 0) is 4.79 Å². The summed E-state index contributed by atoms with van der Waals surface area (Å²) in [7, 11) is 1.54. The number of amides is 2. The maximum Gasteiger partial charge on any atom is 0.270 e. The molecule has 30 heavy (non-hydrogen) atoms. The lowest BCUT2D eigenvalue weighted by molar-refractivity contribution is -0.120. The SMILES string of the molecule is COc1ccccc1NCC(=O)NNC(=O)c1ccccc1-c1ccccc1C#N. The van der Waals surface area contributed by atoms with E-state index >= 15 is 0 Å². The van der Waals surface area contributed by atoms with E-state index in [1.807, 2.05) is 12.1 Å². The topological polar surface area (TPSA) is 103 Å². The van der Waals surface area contributed by atoms with Crippen LogP contribution in [-0.4, -0.2) is 25.5 Å². The molecule has 3 aromatic rings. The Morgan fingerprint density at radius 2 is 1.57 bits per heavy atom. The second kappa shape index (κ2) is 9.75. The van der Waals surface area contributed by atoms with Gasteiger partial charge >= 0.3 is 0 Å². The average Bonchev–Trinajstić information content (AvgIpc) is 2.81. The highest BCUT2D eigenvalue weighted by atomic mass is 16.5. The standard InChI is InChI=1S/C23H20N4O3/c1-30-21-13-7-6-12-20(21)25-15-22(28)26-27-23(29)19-11-5-4-10-18(19)17-9-3-2-8-16(17)14-24/h2-13,25H,15H2,1H3,(H,26,28)(H,27,29). The molecule has 0 aliphatic heterocycles. The summed E-state index contributed by atoms with van der Waals surface area (Å²) in [6.07, 6.45) is 0. The van der Waals surface area contributed by atoms with Crippen LogP contribution in [0.5, 0.6) is 5.75 Å². The lowest BCUT2D eigenvalue weighted by atomic mass is 9.95. The smallest absolute Gasteiger partial charge is 0.270 e. The van der Waals surface area contributed by atoms with E-state index in [9.17, 15) is 14.9 Å². The molecule has 0 aliphatic rings. The van der Waals surface area contributed by atoms with Crippen LogP contribution in [0.1, 0.15) is 15.9 Å². The molecule has 3 N–H and O–H groups in total. The third kappa shape index (κ3) is 4.75. The van der Waals surface area contributed by atoms with Gasteiger partial charge in [0, 0.05) is 11.1 Å². The van der Waals surface area contributed by atoms with Crippen molar-refractivity contribution < 1.29 is 14.3 Å². The van der Waals surface area contributed by atoms with Crippen LogP contribution in [0.4, 0.5) is 5.69 Å². The third-order valence-corrected chi connectivity index (χ3v) is 4.37. The van der Waals surface area contributed by atoms with Crippen molar-refractivity contribution in [2.75, 3.05) is 19.0 Å². The number of anilines is 1. The Bertz CT molecular complexity index is 1110. The van der Waals surface area contributed by atoms with Gasteiger partial charge in [-0.2, -0.15) is 5.26 Å². The molecular formula is C23H20N4O3. The number of carbonyl (C=O) groups excluding carboxylic acids is 2. The van der Waals surface area contributed by atoms with Crippen molar-refractivity contribution >= 4 is 17.5 Å². The molecule has 0 saturated carbocycles. The van der Waals surface area contributed by atoms with Gasteiger partial charge in [-0.1, -0.05) is 48.5 Å². The van der Waals surface area contributed by atoms with Gasteiger partial charge in [0.1, 0.15) is 5.75 Å². The van der Waals surface area contributed by atoms with Crippen molar-refractivity contribution in [1.29, 1.82) is 5.26 Å². The highest BCUT2D eigenvalue weighted by Gasteiger charge is 2.15. The van der Waals surface area contributed by atoms with E-state index in [1.165, 1.54) is 0 Å². The number of nitrogens with zero attached hydrogens (tertiary/aromatic N) is 1. The lowest BCUT2D eigenvalue weighted by Gasteiger charge is -2.13. The van der Waals surface area contributed by atoms with Crippen LogP contribution in [0.3, 0.4) is 0 Å². The fraction of sp³-hybridized carbons (Fsp3) is 0.0870. The first-order valence-corrected chi connectivity index (χ1v) is 9.18. The normalized spacial score (nSPS) is 9.87. The van der Waals surface area contributed by atoms with E-state index in [-0.39, 0.29) is 6.54 Å². The molecule has 7 heteroatoms. The van der Waals surface area contributed by atoms with Crippen molar-refractivity contribution in [3.05, 3.63) is 83.9 Å². The van der Waals surface area contributed by atoms with E-state index in [2.05, 4.69) is 22.2 Å². The first kappa shape index (κ1) is 20.4. The van der Waals surface area contributed by atoms with E-state index in [0.29, 0.717) is 33.7 Å². The van der Waals surface area contributed by atoms with Gasteiger partial charge in [0.25, 0.3) is 11.8 Å². The van der Waals surface area contributed by atoms with Crippen molar-refractivity contribution in [1.82, 2.24) is 10.9 Å². The number of para-hydroxylation sites is 2. The quantitative estimate of drug-likeness (QED) is 0.552. The molecule has 0 aliphatic carbocycles. The Kier molecular flexibility index (Phi) is 6.64. The number of hydrogen-bond acceptors (Lipinski definition) is 5. The Morgan fingerprint density at radius 3 is 2.33 bits per heavy atom. The first-order valence-electron chi connectivity index (χ1n) is 9.18. The summed E-state index contributed by atoms with van der Waals surface area (Å²) in [6.45, 7) is -0.0560. The average molecular weight is 400 g/mol. The second-order valence-corrected chi connectivity index (χ2v) is 6.26. The van der Waals surface area contributed by atoms with E-state index in [0.717, 1.165) is 0 Å². The van der Waals surface area contributed by atoms with Crippen LogP contribution in [0.15, 0.2) is 72.8 Å². The molecule has 0 saturated heterocycles. The zero-order chi connectivity index (χ0) is 21.3. The number of nitrogens with one attached hydrogen (secondary N) is 3. The second-order valence-electron chi connectivity index (χ2n) is 6.26. The molecule has 0 radical (unpaired) electrons. The van der Waals surface area contributed by atoms with Gasteiger partial charge in [-0.25, -0.2) is 0 Å². The molecule has 0 atom stereocenters. The number of nitriles is 1. The molecule has 0 bridgehead atoms. The van der Waals surface area contributed by atoms with Crippen LogP contribution in [0.25, 0.3) is 11.1 Å². The molecule has 3 rings (SSSR count). The van der Waals surface area contributed by atoms with Crippen molar-refractivity contribution in [2.24, 2.45) is 0 Å². The van der Waals surface area contributed by atoms with Crippen molar-refractivity contribution in [3.63, 3.8) is 0 Å². The molecule has 0 spiro atoms. The van der Waals surface area contributed by atoms with Gasteiger partial charge < -0.3 is 10.1 Å². The van der Waals surface area contributed by atoms with Crippen LogP contribution >= 0.6 is 0 Å². The number of rotatable bonds is 6. The van der Waals surface area contributed by atoms with Gasteiger partial charge in [0.2, 0.25) is 0 Å². The van der Waals surface area contributed by atoms with E-state index in [1.54, 1.807) is 67.8 Å². The van der Waals surface area contributed by atoms with Crippen molar-refractivity contribution in [3.8, 4) is 22.9 Å². The Hall–Kier alpha value is -4.31. The molecule has 3 aromatic carbocycles. The zero-order valence-corrected chi connectivity index (χ0v) is 16.3. The largest absolute Gasteiger partial charge is 0.495 e. The van der Waals surface area contributed by atoms with Gasteiger partial charge in [0.15, 0.2) is 0 Å². The van der Waals surface area contributed by atoms with Gasteiger partial charge in [-0.15, -0.1) is 0 Å². The van der Waals surface area contributed by atoms with Gasteiger partial charge in [0.05, 0.1) is 31.0 Å². The fourth-order valence-electron chi connectivity index (χ4n) is 2.94. The zero-order valence-electron chi connectivity index (χ0n) is 16.3. The lowest BCUT2D eigenvalue weighted by Crippen LogP contribution is -2.44. The summed E-state index contributed by atoms with van der Waals surface area (Å²) in [5, 5.41) is 12.3. The molecule has 2 amide bonds. The predicted molar refractivity (Wildman–Crippen MR) is 114 cm³/mol. The van der Waals surface area contributed by atoms with Gasteiger partial charge in [-0.3, -0.25) is 20.4 Å². The predicted octanol–water partition coefficient (Wildman–Crippen LogP) is 3.11. The summed E-state index contributed by atoms with van der Waals surface area (Å²) >= 11 is 0. The maximum atomic E-state index is 12.7. The Morgan fingerprint density at radius 1 is 0.900 bits per heavy atom. The Labute approximate surface area is 174 Å². The third-order valence-electron chi connectivity index (χ3n) is 4.37. The minimum Gasteiger partial charge on any atom is -0.495 e. The van der Waals surface area contributed by atoms with Gasteiger partial charge in [-0.05, 0) is 29.8 Å². The highest BCUT2D eigenvalue weighted by molar-refractivity contribution is 6.02. The minimum atomic E-state index is -0.482. The first-order chi connectivity index (χ1) is 14.6. The van der Waals surface area contributed by atoms with E-state index in [4.69, 9.17) is 4.74 Å². The number of hydrazine groups is 1. The van der Waals surface area contributed by atoms with E-state index < -0.39 is 11.8 Å². The molecule has 150 valence electrons. The van der Waals surface area contributed by atoms with Crippen LogP contribution in [0.2, 0.25) is 0 Å². The summed E-state index contributed by atoms with van der Waals surface area (Å²) < 4.78 is 5.22. The van der Waals surface area contributed by atoms with Crippen molar-refractivity contribution in [2.45, 2.75) is 0 Å². The number of carbonyl (C=O) groups is 2. The fourth-order valence-corrected chi connectivity index (χ4v) is 2.94. The summed E-state index contributed by atoms with van der Waals surface area (Å²) in [5.74, 6) is -0.299. The molecule has 7 nitrogen and oxygen atoms in total. The maximum absolute atomic E-state index is 12.7. The molecule has 0 heterocycles. The monoisotopic (exact) mass is 400 g/mol. The molecular weight excluding hydrogens is 380 g/mol. The summed E-state index contributed by atoms with van der Waals surface area (Å²) in [4.78, 5) is 24.8. The highest BCUT2D eigenvalue weighted by Crippen LogP contribution is 2.26. The number of methoxy groups -OCH3 is 1. The minimum absolute atomic E-state index is 0.0560. The van der Waals surface area contributed by atoms with Crippen LogP contribution < -0.4 is 20.9 Å². The number of benzene rings is 3. The van der Waals surface area contributed by atoms with Crippen LogP contribution in [0, 0.1) is 11.3 Å². The summed E-state index contributed by atoms with van der Waals surface area (Å²) in [6, 6.07) is 23.3.